The minimum absolute atomic E-state index is 0.187. The molecule has 34 heavy (non-hydrogen) atoms. The third-order valence-electron chi connectivity index (χ3n) is 8.30. The van der Waals surface area contributed by atoms with Crippen LogP contribution in [0.3, 0.4) is 0 Å². The van der Waals surface area contributed by atoms with Crippen LogP contribution in [0, 0.1) is 11.8 Å². The number of carbonyl (C=O) groups excluding carboxylic acids is 2. The summed E-state index contributed by atoms with van der Waals surface area (Å²) in [5.74, 6) is -0.931. The molecule has 6 rings (SSSR count). The average molecular weight is 470 g/mol. The molecule has 3 aliphatic heterocycles. The van der Waals surface area contributed by atoms with Crippen LogP contribution in [0.4, 0.5) is 0 Å². The van der Waals surface area contributed by atoms with Gasteiger partial charge >= 0.3 is 5.97 Å². The van der Waals surface area contributed by atoms with E-state index < -0.39 is 29.6 Å². The first-order valence-electron chi connectivity index (χ1n) is 12.3. The number of aromatic nitrogens is 2. The summed E-state index contributed by atoms with van der Waals surface area (Å²) >= 11 is 0. The average Bonchev–Trinajstić information content (AvgIpc) is 3.41. The number of furan rings is 1. The summed E-state index contributed by atoms with van der Waals surface area (Å²) in [5.41, 5.74) is 4.60. The van der Waals surface area contributed by atoms with Crippen molar-refractivity contribution in [2.45, 2.75) is 62.7 Å². The van der Waals surface area contributed by atoms with E-state index >= 15 is 0 Å². The number of quaternary nitrogens is 1. The van der Waals surface area contributed by atoms with Gasteiger partial charge in [0.05, 0.1) is 25.5 Å². The summed E-state index contributed by atoms with van der Waals surface area (Å²) in [6, 6.07) is 2.68. The number of nitrogens with zero attached hydrogens (tertiary/aromatic N) is 3. The van der Waals surface area contributed by atoms with E-state index in [-0.39, 0.29) is 17.6 Å². The van der Waals surface area contributed by atoms with E-state index in [9.17, 15) is 14.7 Å². The minimum Gasteiger partial charge on any atom is -0.466 e. The maximum atomic E-state index is 13.6. The molecular weight excluding hydrogens is 436 g/mol. The molecule has 2 unspecified atom stereocenters. The van der Waals surface area contributed by atoms with Crippen LogP contribution in [0.25, 0.3) is 0 Å². The third-order valence-corrected chi connectivity index (χ3v) is 8.30. The molecule has 5 heterocycles. The number of rotatable bonds is 7. The highest BCUT2D eigenvalue weighted by atomic mass is 16.6. The SMILES string of the molecule is NC(=O)C(c1cnccn1)[N+]12CCC(CC1)[C@@H](OC(=O)C(O)(c1ccco1)C1CCCCC1)C2. The molecule has 4 aliphatic rings. The van der Waals surface area contributed by atoms with E-state index in [1.165, 1.54) is 6.26 Å². The Bertz CT molecular complexity index is 1000. The second kappa shape index (κ2) is 9.11. The Morgan fingerprint density at radius 2 is 1.94 bits per heavy atom. The number of amides is 1. The van der Waals surface area contributed by atoms with Crippen molar-refractivity contribution in [3.63, 3.8) is 0 Å². The highest BCUT2D eigenvalue weighted by Gasteiger charge is 2.56. The van der Waals surface area contributed by atoms with Crippen molar-refractivity contribution in [3.05, 3.63) is 48.4 Å². The molecule has 2 aromatic heterocycles. The first-order chi connectivity index (χ1) is 16.4. The Morgan fingerprint density at radius 3 is 2.56 bits per heavy atom. The lowest BCUT2D eigenvalue weighted by Crippen LogP contribution is -2.67. The summed E-state index contributed by atoms with van der Waals surface area (Å²) in [7, 11) is 0. The van der Waals surface area contributed by atoms with Crippen LogP contribution < -0.4 is 5.73 Å². The summed E-state index contributed by atoms with van der Waals surface area (Å²) in [4.78, 5) is 34.7. The standard InChI is InChI=1S/C25H32N4O5/c26-23(30)22(19-15-27-10-11-28-19)29-12-8-17(9-13-29)20(16-29)34-24(31)25(32,21-7-4-14-33-21)18-5-2-1-3-6-18/h4,7,10-11,14-15,17-18,20,22,32H,1-3,5-6,8-9,12-13,16H2,(H-,26,30)/p+1/t17?,20-,22?,25?,29?/m0/s1. The number of esters is 1. The third kappa shape index (κ3) is 3.90. The van der Waals surface area contributed by atoms with Crippen LogP contribution in [0.15, 0.2) is 41.4 Å². The zero-order valence-corrected chi connectivity index (χ0v) is 19.3. The fourth-order valence-corrected chi connectivity index (χ4v) is 6.52. The monoisotopic (exact) mass is 469 g/mol. The van der Waals surface area contributed by atoms with E-state index in [4.69, 9.17) is 14.9 Å². The quantitative estimate of drug-likeness (QED) is 0.470. The fraction of sp³-hybridized carbons (Fsp3) is 0.600. The molecule has 1 saturated carbocycles. The Hall–Kier alpha value is -2.78. The molecule has 0 aromatic carbocycles. The number of aliphatic hydroxyl groups is 1. The zero-order chi connectivity index (χ0) is 23.8. The molecular formula is C25H33N4O5+. The first kappa shape index (κ1) is 23.0. The highest BCUT2D eigenvalue weighted by molar-refractivity contribution is 5.81. The van der Waals surface area contributed by atoms with E-state index in [1.54, 1.807) is 30.7 Å². The maximum absolute atomic E-state index is 13.6. The number of primary amides is 1. The van der Waals surface area contributed by atoms with Gasteiger partial charge in [0, 0.05) is 37.1 Å². The predicted octanol–water partition coefficient (Wildman–Crippen LogP) is 2.22. The van der Waals surface area contributed by atoms with Gasteiger partial charge in [-0.2, -0.15) is 0 Å². The molecule has 182 valence electrons. The van der Waals surface area contributed by atoms with Gasteiger partial charge in [-0.15, -0.1) is 0 Å². The van der Waals surface area contributed by atoms with Crippen LogP contribution in [0.5, 0.6) is 0 Å². The minimum atomic E-state index is -1.81. The number of hydrogen-bond donors (Lipinski definition) is 2. The van der Waals surface area contributed by atoms with Gasteiger partial charge in [-0.1, -0.05) is 19.3 Å². The van der Waals surface area contributed by atoms with Crippen molar-refractivity contribution < 1.29 is 28.3 Å². The summed E-state index contributed by atoms with van der Waals surface area (Å²) in [6.45, 7) is 1.97. The van der Waals surface area contributed by atoms with Gasteiger partial charge in [-0.05, 0) is 25.0 Å². The molecule has 3 atom stereocenters. The largest absolute Gasteiger partial charge is 0.466 e. The van der Waals surface area contributed by atoms with Gasteiger partial charge in [0.25, 0.3) is 5.91 Å². The van der Waals surface area contributed by atoms with Crippen LogP contribution in [0.2, 0.25) is 0 Å². The molecule has 1 aliphatic carbocycles. The molecule has 0 spiro atoms. The molecule has 0 radical (unpaired) electrons. The van der Waals surface area contributed by atoms with Crippen molar-refractivity contribution in [1.82, 2.24) is 9.97 Å². The molecule has 1 amide bonds. The Morgan fingerprint density at radius 1 is 1.18 bits per heavy atom. The molecule has 4 fully saturated rings. The normalized spacial score (nSPS) is 29.8. The van der Waals surface area contributed by atoms with Gasteiger partial charge in [0.15, 0.2) is 6.10 Å². The fourth-order valence-electron chi connectivity index (χ4n) is 6.52. The van der Waals surface area contributed by atoms with E-state index in [0.717, 1.165) is 58.0 Å². The van der Waals surface area contributed by atoms with E-state index in [1.807, 2.05) is 0 Å². The van der Waals surface area contributed by atoms with Crippen LogP contribution in [-0.4, -0.2) is 57.2 Å². The Balaban J connectivity index is 1.41. The first-order valence-corrected chi connectivity index (χ1v) is 12.3. The molecule has 9 nitrogen and oxygen atoms in total. The summed E-state index contributed by atoms with van der Waals surface area (Å²) in [6.07, 6.45) is 11.9. The Labute approximate surface area is 198 Å². The number of nitrogens with two attached hydrogens (primary N) is 1. The van der Waals surface area contributed by atoms with Crippen molar-refractivity contribution in [2.75, 3.05) is 19.6 Å². The molecule has 2 bridgehead atoms. The number of carbonyl (C=O) groups is 2. The molecule has 3 saturated heterocycles. The highest BCUT2D eigenvalue weighted by Crippen LogP contribution is 2.45. The number of hydrogen-bond acceptors (Lipinski definition) is 7. The van der Waals surface area contributed by atoms with Gasteiger partial charge in [0.2, 0.25) is 11.6 Å². The van der Waals surface area contributed by atoms with Crippen molar-refractivity contribution in [2.24, 2.45) is 17.6 Å². The van der Waals surface area contributed by atoms with Crippen LogP contribution >= 0.6 is 0 Å². The molecule has 3 N–H and O–H groups in total. The smallest absolute Gasteiger partial charge is 0.346 e. The lowest BCUT2D eigenvalue weighted by Gasteiger charge is -2.54. The van der Waals surface area contributed by atoms with E-state index in [0.29, 0.717) is 16.7 Å². The number of piperidine rings is 3. The van der Waals surface area contributed by atoms with Crippen molar-refractivity contribution >= 4 is 11.9 Å². The molecule has 9 heteroatoms. The Kier molecular flexibility index (Phi) is 6.16. The second-order valence-electron chi connectivity index (χ2n) is 10.1. The van der Waals surface area contributed by atoms with Gasteiger partial charge in [-0.25, -0.2) is 4.79 Å². The predicted molar refractivity (Wildman–Crippen MR) is 121 cm³/mol. The van der Waals surface area contributed by atoms with Gasteiger partial charge in [-0.3, -0.25) is 14.8 Å². The lowest BCUT2D eigenvalue weighted by atomic mass is 9.75. The number of fused-ring (bicyclic) bond motifs is 3. The van der Waals surface area contributed by atoms with Gasteiger partial charge in [0.1, 0.15) is 18.0 Å². The zero-order valence-electron chi connectivity index (χ0n) is 19.3. The summed E-state index contributed by atoms with van der Waals surface area (Å²) in [5, 5.41) is 11.7. The molecule has 2 aromatic rings. The van der Waals surface area contributed by atoms with Crippen molar-refractivity contribution in [3.8, 4) is 0 Å². The second-order valence-corrected chi connectivity index (χ2v) is 10.1. The number of ether oxygens (including phenoxy) is 1. The maximum Gasteiger partial charge on any atom is 0.346 e. The lowest BCUT2D eigenvalue weighted by molar-refractivity contribution is -0.965. The van der Waals surface area contributed by atoms with Gasteiger partial charge < -0.3 is 24.5 Å². The van der Waals surface area contributed by atoms with E-state index in [2.05, 4.69) is 9.97 Å². The summed E-state index contributed by atoms with van der Waals surface area (Å²) < 4.78 is 12.0. The van der Waals surface area contributed by atoms with Crippen molar-refractivity contribution in [1.29, 1.82) is 0 Å². The topological polar surface area (TPSA) is 129 Å². The van der Waals surface area contributed by atoms with Crippen LogP contribution in [-0.2, 0) is 19.9 Å². The van der Waals surface area contributed by atoms with Crippen LogP contribution in [0.1, 0.15) is 62.4 Å².